The summed E-state index contributed by atoms with van der Waals surface area (Å²) in [4.78, 5) is 26.0. The Morgan fingerprint density at radius 2 is 1.61 bits per heavy atom. The Bertz CT molecular complexity index is 1250. The molecule has 6 heteroatoms. The number of carbonyl (C=O) groups excluding carboxylic acids is 1. The van der Waals surface area contributed by atoms with Crippen LogP contribution < -0.4 is 10.9 Å². The number of rotatable bonds is 3. The molecule has 1 aromatic heterocycles. The number of fused-ring (bicyclic) bond motifs is 1. The van der Waals surface area contributed by atoms with Crippen molar-refractivity contribution in [1.29, 1.82) is 0 Å². The number of aromatic nitrogens is 2. The second-order valence-corrected chi connectivity index (χ2v) is 6.72. The minimum absolute atomic E-state index is 0.165. The van der Waals surface area contributed by atoms with Gasteiger partial charge in [0, 0.05) is 16.1 Å². The lowest BCUT2D eigenvalue weighted by Crippen LogP contribution is -2.26. The highest BCUT2D eigenvalue weighted by Crippen LogP contribution is 2.24. The predicted octanol–water partition coefficient (Wildman–Crippen LogP) is 4.60. The molecule has 0 unspecified atom stereocenters. The Hall–Kier alpha value is -3.44. The van der Waals surface area contributed by atoms with Crippen molar-refractivity contribution >= 4 is 34.0 Å². The molecule has 0 aliphatic carbocycles. The van der Waals surface area contributed by atoms with E-state index in [-0.39, 0.29) is 11.3 Å². The topological polar surface area (TPSA) is 64.0 Å². The third-order valence-electron chi connectivity index (χ3n) is 4.54. The van der Waals surface area contributed by atoms with Crippen LogP contribution in [0.2, 0.25) is 5.02 Å². The third-order valence-corrected chi connectivity index (χ3v) is 4.95. The van der Waals surface area contributed by atoms with Crippen molar-refractivity contribution in [3.8, 4) is 5.69 Å². The first-order valence-corrected chi connectivity index (χ1v) is 9.08. The van der Waals surface area contributed by atoms with Crippen molar-refractivity contribution in [2.45, 2.75) is 6.92 Å². The fourth-order valence-corrected chi connectivity index (χ4v) is 3.20. The van der Waals surface area contributed by atoms with Crippen LogP contribution in [0.1, 0.15) is 16.1 Å². The molecule has 3 aromatic carbocycles. The monoisotopic (exact) mass is 389 g/mol. The van der Waals surface area contributed by atoms with Crippen molar-refractivity contribution in [2.24, 2.45) is 0 Å². The van der Waals surface area contributed by atoms with Gasteiger partial charge in [0.05, 0.1) is 11.1 Å². The summed E-state index contributed by atoms with van der Waals surface area (Å²) in [6, 6.07) is 21.3. The molecule has 0 atom stereocenters. The maximum Gasteiger partial charge on any atom is 0.279 e. The van der Waals surface area contributed by atoms with Crippen LogP contribution in [0.4, 0.5) is 5.69 Å². The van der Waals surface area contributed by atoms with E-state index in [1.807, 2.05) is 25.1 Å². The van der Waals surface area contributed by atoms with Gasteiger partial charge in [-0.25, -0.2) is 0 Å². The Morgan fingerprint density at radius 3 is 2.36 bits per heavy atom. The third kappa shape index (κ3) is 3.17. The van der Waals surface area contributed by atoms with E-state index in [0.717, 1.165) is 5.56 Å². The van der Waals surface area contributed by atoms with Crippen LogP contribution in [0.5, 0.6) is 0 Å². The molecule has 0 saturated carbocycles. The molecule has 0 saturated heterocycles. The zero-order chi connectivity index (χ0) is 19.7. The lowest BCUT2D eigenvalue weighted by Gasteiger charge is -2.13. The van der Waals surface area contributed by atoms with Crippen LogP contribution in [0.25, 0.3) is 16.5 Å². The fourth-order valence-electron chi connectivity index (χ4n) is 3.03. The van der Waals surface area contributed by atoms with Crippen LogP contribution in [-0.2, 0) is 0 Å². The minimum atomic E-state index is -0.411. The van der Waals surface area contributed by atoms with Gasteiger partial charge in [-0.15, -0.1) is 0 Å². The summed E-state index contributed by atoms with van der Waals surface area (Å²) in [5.74, 6) is -0.411. The van der Waals surface area contributed by atoms with Crippen LogP contribution in [0, 0.1) is 6.92 Å². The van der Waals surface area contributed by atoms with Crippen molar-refractivity contribution in [1.82, 2.24) is 9.78 Å². The molecule has 1 heterocycles. The maximum absolute atomic E-state index is 13.1. The molecule has 0 aliphatic heterocycles. The Kier molecular flexibility index (Phi) is 4.67. The second-order valence-electron chi connectivity index (χ2n) is 6.31. The number of halogens is 1. The maximum atomic E-state index is 13.1. The smallest absolute Gasteiger partial charge is 0.279 e. The van der Waals surface area contributed by atoms with Crippen LogP contribution in [0.3, 0.4) is 0 Å². The van der Waals surface area contributed by atoms with Crippen LogP contribution >= 0.6 is 11.6 Å². The summed E-state index contributed by atoms with van der Waals surface area (Å²) in [5.41, 5.74) is 1.83. The molecule has 138 valence electrons. The van der Waals surface area contributed by atoms with Gasteiger partial charge in [0.2, 0.25) is 0 Å². The zero-order valence-electron chi connectivity index (χ0n) is 15.0. The largest absolute Gasteiger partial charge is 0.320 e. The molecular weight excluding hydrogens is 374 g/mol. The predicted molar refractivity (Wildman–Crippen MR) is 111 cm³/mol. The summed E-state index contributed by atoms with van der Waals surface area (Å²) < 4.78 is 1.25. The summed E-state index contributed by atoms with van der Waals surface area (Å²) >= 11 is 6.15. The molecule has 4 rings (SSSR count). The minimum Gasteiger partial charge on any atom is -0.320 e. The van der Waals surface area contributed by atoms with Gasteiger partial charge < -0.3 is 5.32 Å². The highest BCUT2D eigenvalue weighted by atomic mass is 35.5. The van der Waals surface area contributed by atoms with Crippen LogP contribution in [0.15, 0.2) is 77.6 Å². The van der Waals surface area contributed by atoms with Gasteiger partial charge in [0.1, 0.15) is 0 Å². The normalized spacial score (nSPS) is 10.8. The highest BCUT2D eigenvalue weighted by Gasteiger charge is 2.18. The van der Waals surface area contributed by atoms with E-state index in [0.29, 0.717) is 27.2 Å². The van der Waals surface area contributed by atoms with Gasteiger partial charge in [-0.05, 0) is 42.8 Å². The summed E-state index contributed by atoms with van der Waals surface area (Å²) in [7, 11) is 0. The first-order chi connectivity index (χ1) is 13.6. The number of nitrogens with zero attached hydrogens (tertiary/aromatic N) is 2. The average molecular weight is 390 g/mol. The standard InChI is InChI=1S/C22H16ClN3O2/c1-14-18(23)12-7-13-19(14)24-21(27)20-16-10-5-6-11-17(16)22(28)26(25-20)15-8-3-2-4-9-15/h2-13H,1H3,(H,24,27). The first kappa shape index (κ1) is 17.9. The highest BCUT2D eigenvalue weighted by molar-refractivity contribution is 6.31. The Morgan fingerprint density at radius 1 is 0.929 bits per heavy atom. The van der Waals surface area contributed by atoms with E-state index in [1.54, 1.807) is 54.6 Å². The van der Waals surface area contributed by atoms with Gasteiger partial charge in [0.25, 0.3) is 11.5 Å². The van der Waals surface area contributed by atoms with E-state index >= 15 is 0 Å². The van der Waals surface area contributed by atoms with Gasteiger partial charge in [-0.1, -0.05) is 54.1 Å². The number of para-hydroxylation sites is 1. The zero-order valence-corrected chi connectivity index (χ0v) is 15.8. The van der Waals surface area contributed by atoms with E-state index in [2.05, 4.69) is 10.4 Å². The molecule has 0 spiro atoms. The molecule has 0 radical (unpaired) electrons. The van der Waals surface area contributed by atoms with E-state index in [1.165, 1.54) is 4.68 Å². The molecule has 0 fully saturated rings. The van der Waals surface area contributed by atoms with Crippen molar-refractivity contribution in [2.75, 3.05) is 5.32 Å². The number of carbonyl (C=O) groups is 1. The Labute approximate surface area is 166 Å². The number of hydrogen-bond donors (Lipinski definition) is 1. The summed E-state index contributed by atoms with van der Waals surface area (Å²) in [5, 5.41) is 8.72. The van der Waals surface area contributed by atoms with Crippen molar-refractivity contribution in [3.05, 3.63) is 99.4 Å². The van der Waals surface area contributed by atoms with Crippen molar-refractivity contribution < 1.29 is 4.79 Å². The first-order valence-electron chi connectivity index (χ1n) is 8.70. The van der Waals surface area contributed by atoms with Gasteiger partial charge in [0.15, 0.2) is 5.69 Å². The fraction of sp³-hybridized carbons (Fsp3) is 0.0455. The van der Waals surface area contributed by atoms with E-state index in [4.69, 9.17) is 11.6 Å². The molecule has 1 amide bonds. The van der Waals surface area contributed by atoms with Crippen molar-refractivity contribution in [3.63, 3.8) is 0 Å². The van der Waals surface area contributed by atoms with Gasteiger partial charge >= 0.3 is 0 Å². The SMILES string of the molecule is Cc1c(Cl)cccc1NC(=O)c1nn(-c2ccccc2)c(=O)c2ccccc12. The second kappa shape index (κ2) is 7.29. The number of anilines is 1. The number of amides is 1. The molecular formula is C22H16ClN3O2. The molecule has 0 bridgehead atoms. The lowest BCUT2D eigenvalue weighted by molar-refractivity contribution is 0.102. The van der Waals surface area contributed by atoms with E-state index in [9.17, 15) is 9.59 Å². The van der Waals surface area contributed by atoms with E-state index < -0.39 is 5.91 Å². The van der Waals surface area contributed by atoms with Gasteiger partial charge in [-0.2, -0.15) is 9.78 Å². The van der Waals surface area contributed by atoms with Gasteiger partial charge in [-0.3, -0.25) is 9.59 Å². The average Bonchev–Trinajstić information content (AvgIpc) is 2.72. The molecule has 28 heavy (non-hydrogen) atoms. The number of hydrogen-bond acceptors (Lipinski definition) is 3. The summed E-state index contributed by atoms with van der Waals surface area (Å²) in [6.45, 7) is 1.83. The molecule has 0 aliphatic rings. The lowest BCUT2D eigenvalue weighted by atomic mass is 10.1. The Balaban J connectivity index is 1.88. The molecule has 1 N–H and O–H groups in total. The quantitative estimate of drug-likeness (QED) is 0.557. The summed E-state index contributed by atoms with van der Waals surface area (Å²) in [6.07, 6.45) is 0. The van der Waals surface area contributed by atoms with Crippen LogP contribution in [-0.4, -0.2) is 15.7 Å². The molecule has 5 nitrogen and oxygen atoms in total. The molecule has 4 aromatic rings. The number of nitrogens with one attached hydrogen (secondary N) is 1. The number of benzene rings is 3.